The molecule has 0 aliphatic heterocycles. The molecule has 0 aromatic heterocycles. The van der Waals surface area contributed by atoms with Crippen LogP contribution in [0.4, 0.5) is 0 Å². The molecule has 0 saturated carbocycles. The first kappa shape index (κ1) is 12.5. The van der Waals surface area contributed by atoms with E-state index in [-0.39, 0.29) is 0 Å². The van der Waals surface area contributed by atoms with Crippen molar-refractivity contribution in [2.45, 2.75) is 58.0 Å². The second-order valence-electron chi connectivity index (χ2n) is 4.61. The topological polar surface area (TPSA) is 20.2 Å². The maximum Gasteiger partial charge on any atom is 0.0893 e. The molecule has 86 valence electrons. The second kappa shape index (κ2) is 6.12. The SMILES string of the molecule is CCCCC(CCC)C1(O)C=CC=CC1. The fraction of sp³-hybridized carbons (Fsp3) is 0.714. The molecular formula is C14H24O. The first-order valence-corrected chi connectivity index (χ1v) is 6.29. The normalized spacial score (nSPS) is 26.9. The van der Waals surface area contributed by atoms with Crippen LogP contribution in [0, 0.1) is 5.92 Å². The standard InChI is InChI=1S/C14H24O/c1-3-5-10-13(9-4-2)14(15)11-7-6-8-12-14/h6-8,11,13,15H,3-5,9-10,12H2,1-2H3. The molecule has 15 heavy (non-hydrogen) atoms. The highest BCUT2D eigenvalue weighted by molar-refractivity contribution is 5.19. The van der Waals surface area contributed by atoms with E-state index in [1.807, 2.05) is 18.2 Å². The third-order valence-electron chi connectivity index (χ3n) is 3.33. The molecule has 1 aliphatic carbocycles. The van der Waals surface area contributed by atoms with E-state index in [9.17, 15) is 5.11 Å². The Morgan fingerprint density at radius 2 is 2.00 bits per heavy atom. The van der Waals surface area contributed by atoms with Crippen LogP contribution in [0.25, 0.3) is 0 Å². The maximum atomic E-state index is 10.6. The van der Waals surface area contributed by atoms with Crippen LogP contribution in [-0.4, -0.2) is 10.7 Å². The van der Waals surface area contributed by atoms with Crippen molar-refractivity contribution in [1.29, 1.82) is 0 Å². The van der Waals surface area contributed by atoms with Crippen molar-refractivity contribution in [1.82, 2.24) is 0 Å². The summed E-state index contributed by atoms with van der Waals surface area (Å²) in [6.07, 6.45) is 14.8. The zero-order chi connectivity index (χ0) is 11.1. The Morgan fingerprint density at radius 1 is 1.20 bits per heavy atom. The minimum atomic E-state index is -0.570. The van der Waals surface area contributed by atoms with Gasteiger partial charge in [-0.15, -0.1) is 0 Å². The van der Waals surface area contributed by atoms with Gasteiger partial charge in [-0.1, -0.05) is 57.4 Å². The van der Waals surface area contributed by atoms with E-state index in [2.05, 4.69) is 19.9 Å². The highest BCUT2D eigenvalue weighted by atomic mass is 16.3. The molecule has 0 heterocycles. The number of rotatable bonds is 6. The Balaban J connectivity index is 2.60. The van der Waals surface area contributed by atoms with Gasteiger partial charge in [-0.05, 0) is 25.2 Å². The van der Waals surface area contributed by atoms with Gasteiger partial charge in [-0.2, -0.15) is 0 Å². The lowest BCUT2D eigenvalue weighted by Gasteiger charge is -2.34. The molecule has 0 bridgehead atoms. The molecule has 1 heteroatoms. The number of aliphatic hydroxyl groups is 1. The van der Waals surface area contributed by atoms with E-state index in [0.29, 0.717) is 5.92 Å². The molecule has 0 aromatic rings. The smallest absolute Gasteiger partial charge is 0.0893 e. The maximum absolute atomic E-state index is 10.6. The van der Waals surface area contributed by atoms with Gasteiger partial charge < -0.3 is 5.11 Å². The summed E-state index contributed by atoms with van der Waals surface area (Å²) in [5.74, 6) is 0.434. The van der Waals surface area contributed by atoms with Crippen LogP contribution in [0.5, 0.6) is 0 Å². The second-order valence-corrected chi connectivity index (χ2v) is 4.61. The van der Waals surface area contributed by atoms with Crippen molar-refractivity contribution in [2.24, 2.45) is 5.92 Å². The van der Waals surface area contributed by atoms with Crippen LogP contribution in [0.3, 0.4) is 0 Å². The Kier molecular flexibility index (Phi) is 5.10. The average Bonchev–Trinajstić information content (AvgIpc) is 2.25. The molecule has 0 amide bonds. The van der Waals surface area contributed by atoms with Gasteiger partial charge in [0.25, 0.3) is 0 Å². The lowest BCUT2D eigenvalue weighted by molar-refractivity contribution is 0.0201. The molecule has 1 N–H and O–H groups in total. The van der Waals surface area contributed by atoms with Gasteiger partial charge in [-0.25, -0.2) is 0 Å². The predicted molar refractivity (Wildman–Crippen MR) is 65.8 cm³/mol. The molecule has 1 nitrogen and oxygen atoms in total. The van der Waals surface area contributed by atoms with Crippen LogP contribution in [0.1, 0.15) is 52.4 Å². The van der Waals surface area contributed by atoms with Gasteiger partial charge in [-0.3, -0.25) is 0 Å². The lowest BCUT2D eigenvalue weighted by Crippen LogP contribution is -2.36. The molecule has 0 radical (unpaired) electrons. The monoisotopic (exact) mass is 208 g/mol. The predicted octanol–water partition coefficient (Wildman–Crippen LogP) is 3.84. The van der Waals surface area contributed by atoms with Crippen molar-refractivity contribution >= 4 is 0 Å². The van der Waals surface area contributed by atoms with Crippen molar-refractivity contribution in [3.63, 3.8) is 0 Å². The van der Waals surface area contributed by atoms with Crippen LogP contribution in [0.15, 0.2) is 24.3 Å². The number of allylic oxidation sites excluding steroid dienone is 2. The van der Waals surface area contributed by atoms with Gasteiger partial charge >= 0.3 is 0 Å². The van der Waals surface area contributed by atoms with E-state index in [4.69, 9.17) is 0 Å². The molecule has 0 spiro atoms. The van der Waals surface area contributed by atoms with Gasteiger partial charge in [0.1, 0.15) is 0 Å². The summed E-state index contributed by atoms with van der Waals surface area (Å²) in [4.78, 5) is 0. The summed E-state index contributed by atoms with van der Waals surface area (Å²) < 4.78 is 0. The van der Waals surface area contributed by atoms with Crippen LogP contribution in [-0.2, 0) is 0 Å². The summed E-state index contributed by atoms with van der Waals surface area (Å²) in [6, 6.07) is 0. The van der Waals surface area contributed by atoms with Crippen molar-refractivity contribution in [3.8, 4) is 0 Å². The highest BCUT2D eigenvalue weighted by Gasteiger charge is 2.32. The summed E-state index contributed by atoms with van der Waals surface area (Å²) in [5, 5.41) is 10.6. The van der Waals surface area contributed by atoms with E-state index < -0.39 is 5.60 Å². The van der Waals surface area contributed by atoms with Crippen LogP contribution in [0.2, 0.25) is 0 Å². The van der Waals surface area contributed by atoms with E-state index >= 15 is 0 Å². The quantitative estimate of drug-likeness (QED) is 0.703. The summed E-state index contributed by atoms with van der Waals surface area (Å²) in [5.41, 5.74) is -0.570. The molecule has 0 saturated heterocycles. The number of unbranched alkanes of at least 4 members (excludes halogenated alkanes) is 1. The highest BCUT2D eigenvalue weighted by Crippen LogP contribution is 2.33. The fourth-order valence-corrected chi connectivity index (χ4v) is 2.37. The number of hydrogen-bond donors (Lipinski definition) is 1. The molecule has 0 fully saturated rings. The summed E-state index contributed by atoms with van der Waals surface area (Å²) >= 11 is 0. The van der Waals surface area contributed by atoms with E-state index in [0.717, 1.165) is 25.7 Å². The van der Waals surface area contributed by atoms with Crippen molar-refractivity contribution < 1.29 is 5.11 Å². The van der Waals surface area contributed by atoms with E-state index in [1.54, 1.807) is 0 Å². The average molecular weight is 208 g/mol. The Labute approximate surface area is 93.9 Å². The summed E-state index contributed by atoms with van der Waals surface area (Å²) in [7, 11) is 0. The van der Waals surface area contributed by atoms with Crippen molar-refractivity contribution in [3.05, 3.63) is 24.3 Å². The van der Waals surface area contributed by atoms with Crippen LogP contribution >= 0.6 is 0 Å². The first-order chi connectivity index (χ1) is 7.23. The molecule has 1 aliphatic rings. The Bertz CT molecular complexity index is 229. The Hall–Kier alpha value is -0.560. The van der Waals surface area contributed by atoms with Gasteiger partial charge in [0.05, 0.1) is 5.60 Å². The third kappa shape index (κ3) is 3.49. The van der Waals surface area contributed by atoms with Gasteiger partial charge in [0.15, 0.2) is 0 Å². The van der Waals surface area contributed by atoms with E-state index in [1.165, 1.54) is 12.8 Å². The molecule has 2 unspecified atom stereocenters. The van der Waals surface area contributed by atoms with Gasteiger partial charge in [0, 0.05) is 0 Å². The molecular weight excluding hydrogens is 184 g/mol. The minimum absolute atomic E-state index is 0.434. The minimum Gasteiger partial charge on any atom is -0.385 e. The van der Waals surface area contributed by atoms with Crippen LogP contribution < -0.4 is 0 Å². The molecule has 2 atom stereocenters. The zero-order valence-electron chi connectivity index (χ0n) is 10.1. The summed E-state index contributed by atoms with van der Waals surface area (Å²) in [6.45, 7) is 4.41. The fourth-order valence-electron chi connectivity index (χ4n) is 2.37. The first-order valence-electron chi connectivity index (χ1n) is 6.29. The largest absolute Gasteiger partial charge is 0.385 e. The third-order valence-corrected chi connectivity index (χ3v) is 3.33. The lowest BCUT2D eigenvalue weighted by atomic mass is 9.77. The molecule has 0 aromatic carbocycles. The van der Waals surface area contributed by atoms with Gasteiger partial charge in [0.2, 0.25) is 0 Å². The molecule has 1 rings (SSSR count). The van der Waals surface area contributed by atoms with Crippen molar-refractivity contribution in [2.75, 3.05) is 0 Å². The number of hydrogen-bond acceptors (Lipinski definition) is 1. The Morgan fingerprint density at radius 3 is 2.53 bits per heavy atom. The zero-order valence-corrected chi connectivity index (χ0v) is 10.1.